The molecule has 1 aromatic rings. The summed E-state index contributed by atoms with van der Waals surface area (Å²) in [5.41, 5.74) is 1.36. The number of hydrogen-bond acceptors (Lipinski definition) is 4. The first-order chi connectivity index (χ1) is 7.69. The predicted molar refractivity (Wildman–Crippen MR) is 60.7 cm³/mol. The molecule has 5 nitrogen and oxygen atoms in total. The van der Waals surface area contributed by atoms with Crippen LogP contribution in [-0.2, 0) is 4.84 Å². The van der Waals surface area contributed by atoms with E-state index in [9.17, 15) is 4.79 Å². The maximum atomic E-state index is 10.8. The maximum absolute atomic E-state index is 10.8. The van der Waals surface area contributed by atoms with Crippen LogP contribution < -0.4 is 10.1 Å². The minimum absolute atomic E-state index is 0.570. The first kappa shape index (κ1) is 12.0. The summed E-state index contributed by atoms with van der Waals surface area (Å²) in [6, 6.07) is 7.37. The van der Waals surface area contributed by atoms with E-state index in [2.05, 4.69) is 15.3 Å². The predicted octanol–water partition coefficient (Wildman–Crippen LogP) is 1.78. The molecule has 0 unspecified atom stereocenters. The minimum Gasteiger partial charge on any atom is -0.496 e. The summed E-state index contributed by atoms with van der Waals surface area (Å²) >= 11 is 0. The third-order valence-electron chi connectivity index (χ3n) is 1.97. The van der Waals surface area contributed by atoms with Crippen molar-refractivity contribution in [3.05, 3.63) is 29.8 Å². The van der Waals surface area contributed by atoms with E-state index >= 15 is 0 Å². The molecule has 86 valence electrons. The Morgan fingerprint density at radius 1 is 1.38 bits per heavy atom. The van der Waals surface area contributed by atoms with Gasteiger partial charge in [-0.05, 0) is 19.1 Å². The fourth-order valence-electron chi connectivity index (χ4n) is 1.15. The molecule has 0 aliphatic carbocycles. The molecule has 0 spiro atoms. The Balaban J connectivity index is 2.86. The number of nitrogens with zero attached hydrogens (tertiary/aromatic N) is 1. The molecule has 0 aromatic heterocycles. The van der Waals surface area contributed by atoms with E-state index < -0.39 is 6.09 Å². The van der Waals surface area contributed by atoms with Crippen LogP contribution in [0.4, 0.5) is 4.79 Å². The van der Waals surface area contributed by atoms with E-state index in [1.54, 1.807) is 14.0 Å². The molecule has 0 heterocycles. The number of nitrogens with one attached hydrogen (secondary N) is 1. The first-order valence-electron chi connectivity index (χ1n) is 4.75. The Morgan fingerprint density at radius 2 is 2.06 bits per heavy atom. The highest BCUT2D eigenvalue weighted by molar-refractivity contribution is 6.01. The Bertz CT molecular complexity index is 402. The zero-order valence-corrected chi connectivity index (χ0v) is 9.48. The van der Waals surface area contributed by atoms with Gasteiger partial charge in [-0.15, -0.1) is 0 Å². The SMILES string of the molecule is CNC(=O)ON=C(C)c1ccccc1OC. The zero-order chi connectivity index (χ0) is 12.0. The molecular weight excluding hydrogens is 208 g/mol. The number of rotatable bonds is 3. The smallest absolute Gasteiger partial charge is 0.433 e. The Morgan fingerprint density at radius 3 is 2.69 bits per heavy atom. The molecule has 0 saturated carbocycles. The van der Waals surface area contributed by atoms with Gasteiger partial charge in [0.1, 0.15) is 5.75 Å². The highest BCUT2D eigenvalue weighted by Gasteiger charge is 2.06. The third kappa shape index (κ3) is 2.98. The van der Waals surface area contributed by atoms with Crippen LogP contribution in [0.2, 0.25) is 0 Å². The Labute approximate surface area is 94.0 Å². The van der Waals surface area contributed by atoms with Crippen molar-refractivity contribution in [3.8, 4) is 5.75 Å². The second kappa shape index (κ2) is 5.75. The van der Waals surface area contributed by atoms with Crippen LogP contribution >= 0.6 is 0 Å². The lowest BCUT2D eigenvalue weighted by molar-refractivity contribution is 0.153. The number of amides is 1. The Hall–Kier alpha value is -2.04. The molecule has 0 radical (unpaired) electrons. The normalized spacial score (nSPS) is 10.8. The van der Waals surface area contributed by atoms with Gasteiger partial charge in [-0.3, -0.25) is 4.84 Å². The summed E-state index contributed by atoms with van der Waals surface area (Å²) in [7, 11) is 3.04. The lowest BCUT2D eigenvalue weighted by Gasteiger charge is -2.06. The van der Waals surface area contributed by atoms with Gasteiger partial charge in [0.15, 0.2) is 0 Å². The molecule has 0 aliphatic rings. The monoisotopic (exact) mass is 222 g/mol. The summed E-state index contributed by atoms with van der Waals surface area (Å²) in [5.74, 6) is 0.684. The number of oxime groups is 1. The number of para-hydroxylation sites is 1. The van der Waals surface area contributed by atoms with Crippen molar-refractivity contribution in [2.45, 2.75) is 6.92 Å². The molecule has 0 fully saturated rings. The van der Waals surface area contributed by atoms with Crippen LogP contribution in [0, 0.1) is 0 Å². The molecule has 0 saturated heterocycles. The molecule has 1 N–H and O–H groups in total. The van der Waals surface area contributed by atoms with Crippen LogP contribution in [-0.4, -0.2) is 26.0 Å². The van der Waals surface area contributed by atoms with Crippen molar-refractivity contribution < 1.29 is 14.4 Å². The van der Waals surface area contributed by atoms with Crippen molar-refractivity contribution >= 4 is 11.8 Å². The summed E-state index contributed by atoms with van der Waals surface area (Å²) in [4.78, 5) is 15.4. The molecule has 1 aromatic carbocycles. The second-order valence-corrected chi connectivity index (χ2v) is 3.01. The molecule has 0 aliphatic heterocycles. The van der Waals surface area contributed by atoms with Gasteiger partial charge in [-0.2, -0.15) is 0 Å². The number of methoxy groups -OCH3 is 1. The van der Waals surface area contributed by atoms with E-state index in [1.807, 2.05) is 24.3 Å². The van der Waals surface area contributed by atoms with E-state index in [1.165, 1.54) is 7.05 Å². The lowest BCUT2D eigenvalue weighted by atomic mass is 10.1. The van der Waals surface area contributed by atoms with Crippen molar-refractivity contribution in [2.75, 3.05) is 14.2 Å². The van der Waals surface area contributed by atoms with Crippen molar-refractivity contribution in [3.63, 3.8) is 0 Å². The number of benzene rings is 1. The summed E-state index contributed by atoms with van der Waals surface area (Å²) in [6.07, 6.45) is -0.603. The molecule has 0 bridgehead atoms. The third-order valence-corrected chi connectivity index (χ3v) is 1.97. The summed E-state index contributed by atoms with van der Waals surface area (Å²) in [6.45, 7) is 1.74. The molecule has 5 heteroatoms. The average molecular weight is 222 g/mol. The summed E-state index contributed by atoms with van der Waals surface area (Å²) < 4.78 is 5.16. The fraction of sp³-hybridized carbons (Fsp3) is 0.273. The maximum Gasteiger partial charge on any atom is 0.433 e. The molecular formula is C11H14N2O3. The van der Waals surface area contributed by atoms with Gasteiger partial charge in [0.25, 0.3) is 0 Å². The summed E-state index contributed by atoms with van der Waals surface area (Å²) in [5, 5.41) is 6.00. The number of carbonyl (C=O) groups excluding carboxylic acids is 1. The number of ether oxygens (including phenoxy) is 1. The highest BCUT2D eigenvalue weighted by atomic mass is 16.7. The lowest BCUT2D eigenvalue weighted by Crippen LogP contribution is -2.17. The number of carbonyl (C=O) groups is 1. The minimum atomic E-state index is -0.603. The zero-order valence-electron chi connectivity index (χ0n) is 9.48. The fourth-order valence-corrected chi connectivity index (χ4v) is 1.15. The molecule has 16 heavy (non-hydrogen) atoms. The number of hydrogen-bond donors (Lipinski definition) is 1. The van der Waals surface area contributed by atoms with Gasteiger partial charge in [0, 0.05) is 12.6 Å². The average Bonchev–Trinajstić information content (AvgIpc) is 2.35. The van der Waals surface area contributed by atoms with E-state index in [0.29, 0.717) is 11.5 Å². The van der Waals surface area contributed by atoms with Gasteiger partial charge in [0.05, 0.1) is 12.8 Å². The molecule has 1 rings (SSSR count). The van der Waals surface area contributed by atoms with Gasteiger partial charge in [-0.25, -0.2) is 4.79 Å². The van der Waals surface area contributed by atoms with Crippen LogP contribution in [0.25, 0.3) is 0 Å². The van der Waals surface area contributed by atoms with Gasteiger partial charge in [0.2, 0.25) is 0 Å². The van der Waals surface area contributed by atoms with Crippen molar-refractivity contribution in [2.24, 2.45) is 5.16 Å². The quantitative estimate of drug-likeness (QED) is 0.481. The van der Waals surface area contributed by atoms with Gasteiger partial charge < -0.3 is 10.1 Å². The van der Waals surface area contributed by atoms with E-state index in [4.69, 9.17) is 4.74 Å². The van der Waals surface area contributed by atoms with Gasteiger partial charge in [-0.1, -0.05) is 17.3 Å². The standard InChI is InChI=1S/C11H14N2O3/c1-8(13-16-11(14)12-2)9-6-4-5-7-10(9)15-3/h4-7H,1-3H3,(H,12,14). The van der Waals surface area contributed by atoms with E-state index in [0.717, 1.165) is 5.56 Å². The van der Waals surface area contributed by atoms with Crippen molar-refractivity contribution in [1.29, 1.82) is 0 Å². The molecule has 0 atom stereocenters. The second-order valence-electron chi connectivity index (χ2n) is 3.01. The topological polar surface area (TPSA) is 59.9 Å². The Kier molecular flexibility index (Phi) is 4.32. The van der Waals surface area contributed by atoms with Crippen LogP contribution in [0.15, 0.2) is 29.4 Å². The van der Waals surface area contributed by atoms with Crippen LogP contribution in [0.3, 0.4) is 0 Å². The van der Waals surface area contributed by atoms with E-state index in [-0.39, 0.29) is 0 Å². The van der Waals surface area contributed by atoms with Gasteiger partial charge >= 0.3 is 6.09 Å². The van der Waals surface area contributed by atoms with Crippen molar-refractivity contribution in [1.82, 2.24) is 5.32 Å². The largest absolute Gasteiger partial charge is 0.496 e. The highest BCUT2D eigenvalue weighted by Crippen LogP contribution is 2.18. The molecule has 1 amide bonds. The van der Waals surface area contributed by atoms with Crippen LogP contribution in [0.1, 0.15) is 12.5 Å². The first-order valence-corrected chi connectivity index (χ1v) is 4.75. The van der Waals surface area contributed by atoms with Crippen LogP contribution in [0.5, 0.6) is 5.75 Å².